The minimum absolute atomic E-state index is 0.565. The van der Waals surface area contributed by atoms with Gasteiger partial charge in [0.2, 0.25) is 0 Å². The minimum Gasteiger partial charge on any atom is -0.170 e. The van der Waals surface area contributed by atoms with Crippen molar-refractivity contribution in [2.24, 2.45) is 5.92 Å². The molecule has 0 saturated heterocycles. The van der Waals surface area contributed by atoms with Crippen LogP contribution in [0.25, 0.3) is 0 Å². The third-order valence-corrected chi connectivity index (χ3v) is 3.13. The summed E-state index contributed by atoms with van der Waals surface area (Å²) in [5, 5.41) is 0. The highest BCUT2D eigenvalue weighted by atomic mass is 32.2. The molecule has 0 saturated carbocycles. The highest BCUT2D eigenvalue weighted by Crippen LogP contribution is 2.23. The lowest BCUT2D eigenvalue weighted by Crippen LogP contribution is -2.11. The molecule has 1 unspecified atom stereocenters. The smallest absolute Gasteiger partial charge is 0.170 e. The highest BCUT2D eigenvalue weighted by molar-refractivity contribution is 7.99. The number of hydrogen-bond acceptors (Lipinski definition) is 1. The van der Waals surface area contributed by atoms with Crippen molar-refractivity contribution in [2.45, 2.75) is 45.7 Å². The molecule has 0 aromatic heterocycles. The molecule has 4 heteroatoms. The fourth-order valence-electron chi connectivity index (χ4n) is 1.17. The molecule has 86 valence electrons. The summed E-state index contributed by atoms with van der Waals surface area (Å²) in [4.78, 5) is 0. The summed E-state index contributed by atoms with van der Waals surface area (Å²) in [5.41, 5.74) is 0. The van der Waals surface area contributed by atoms with Crippen molar-refractivity contribution in [1.82, 2.24) is 0 Å². The molecule has 0 fully saturated rings. The maximum atomic E-state index is 11.8. The molecule has 0 bridgehead atoms. The standard InChI is InChI=1S/C10H19F3S/c1-3-4-5-9(2)6-7-14-8-10(11,12)13/h9H,3-8H2,1-2H3. The lowest BCUT2D eigenvalue weighted by Gasteiger charge is -2.10. The molecule has 0 nitrogen and oxygen atoms in total. The van der Waals surface area contributed by atoms with Crippen LogP contribution in [0, 0.1) is 5.92 Å². The second kappa shape index (κ2) is 7.43. The van der Waals surface area contributed by atoms with Crippen LogP contribution in [0.15, 0.2) is 0 Å². The Morgan fingerprint density at radius 2 is 1.86 bits per heavy atom. The monoisotopic (exact) mass is 228 g/mol. The van der Waals surface area contributed by atoms with Gasteiger partial charge in [0, 0.05) is 0 Å². The second-order valence-electron chi connectivity index (χ2n) is 3.70. The summed E-state index contributed by atoms with van der Waals surface area (Å²) in [6, 6.07) is 0. The first-order valence-corrected chi connectivity index (χ1v) is 6.25. The third kappa shape index (κ3) is 10.2. The van der Waals surface area contributed by atoms with Gasteiger partial charge in [0.15, 0.2) is 0 Å². The van der Waals surface area contributed by atoms with E-state index in [4.69, 9.17) is 0 Å². The molecule has 0 aromatic rings. The van der Waals surface area contributed by atoms with Gasteiger partial charge in [-0.25, -0.2) is 0 Å². The van der Waals surface area contributed by atoms with Gasteiger partial charge >= 0.3 is 6.18 Å². The van der Waals surface area contributed by atoms with Crippen LogP contribution in [0.5, 0.6) is 0 Å². The molecular formula is C10H19F3S. The molecule has 14 heavy (non-hydrogen) atoms. The summed E-state index contributed by atoms with van der Waals surface area (Å²) < 4.78 is 35.3. The molecule has 0 N–H and O–H groups in total. The number of halogens is 3. The van der Waals surface area contributed by atoms with Crippen molar-refractivity contribution in [3.63, 3.8) is 0 Å². The maximum Gasteiger partial charge on any atom is 0.397 e. The van der Waals surface area contributed by atoms with Crippen LogP contribution in [0.3, 0.4) is 0 Å². The van der Waals surface area contributed by atoms with Crippen LogP contribution < -0.4 is 0 Å². The van der Waals surface area contributed by atoms with E-state index in [1.165, 1.54) is 12.8 Å². The highest BCUT2D eigenvalue weighted by Gasteiger charge is 2.26. The Bertz CT molecular complexity index is 134. The van der Waals surface area contributed by atoms with Gasteiger partial charge in [-0.15, -0.1) is 0 Å². The fraction of sp³-hybridized carbons (Fsp3) is 1.00. The van der Waals surface area contributed by atoms with Crippen LogP contribution in [0.2, 0.25) is 0 Å². The molecule has 0 aromatic carbocycles. The molecule has 0 radical (unpaired) electrons. The Labute approximate surface area is 88.6 Å². The van der Waals surface area contributed by atoms with Crippen molar-refractivity contribution in [3.05, 3.63) is 0 Å². The van der Waals surface area contributed by atoms with E-state index in [0.29, 0.717) is 11.7 Å². The largest absolute Gasteiger partial charge is 0.397 e. The van der Waals surface area contributed by atoms with Crippen molar-refractivity contribution >= 4 is 11.8 Å². The Hall–Kier alpha value is 0.140. The second-order valence-corrected chi connectivity index (χ2v) is 4.81. The molecule has 0 aliphatic carbocycles. The van der Waals surface area contributed by atoms with Crippen molar-refractivity contribution in [1.29, 1.82) is 0 Å². The molecule has 0 amide bonds. The quantitative estimate of drug-likeness (QED) is 0.578. The van der Waals surface area contributed by atoms with Crippen LogP contribution in [0.1, 0.15) is 39.5 Å². The van der Waals surface area contributed by atoms with Crippen molar-refractivity contribution < 1.29 is 13.2 Å². The van der Waals surface area contributed by atoms with Crippen LogP contribution in [-0.4, -0.2) is 17.7 Å². The maximum absolute atomic E-state index is 11.8. The number of alkyl halides is 3. The normalized spacial score (nSPS) is 14.4. The fourth-order valence-corrected chi connectivity index (χ4v) is 2.11. The van der Waals surface area contributed by atoms with Crippen LogP contribution in [0.4, 0.5) is 13.2 Å². The Morgan fingerprint density at radius 3 is 2.36 bits per heavy atom. The third-order valence-electron chi connectivity index (χ3n) is 2.07. The lowest BCUT2D eigenvalue weighted by molar-refractivity contribution is -0.105. The molecule has 0 aliphatic rings. The molecule has 0 rings (SSSR count). The Morgan fingerprint density at radius 1 is 1.21 bits per heavy atom. The SMILES string of the molecule is CCCCC(C)CCSCC(F)(F)F. The number of unbranched alkanes of at least 4 members (excludes halogenated alkanes) is 1. The van der Waals surface area contributed by atoms with Gasteiger partial charge in [-0.1, -0.05) is 33.1 Å². The van der Waals surface area contributed by atoms with Crippen molar-refractivity contribution in [3.8, 4) is 0 Å². The van der Waals surface area contributed by atoms with Gasteiger partial charge in [0.25, 0.3) is 0 Å². The van der Waals surface area contributed by atoms with E-state index in [1.54, 1.807) is 0 Å². The van der Waals surface area contributed by atoms with E-state index >= 15 is 0 Å². The topological polar surface area (TPSA) is 0 Å². The first-order chi connectivity index (χ1) is 6.45. The van der Waals surface area contributed by atoms with Gasteiger partial charge in [-0.05, 0) is 18.1 Å². The molecule has 0 spiro atoms. The minimum atomic E-state index is -4.00. The van der Waals surface area contributed by atoms with E-state index < -0.39 is 11.9 Å². The Balaban J connectivity index is 3.27. The van der Waals surface area contributed by atoms with E-state index in [2.05, 4.69) is 13.8 Å². The lowest BCUT2D eigenvalue weighted by atomic mass is 10.0. The van der Waals surface area contributed by atoms with E-state index in [-0.39, 0.29) is 0 Å². The van der Waals surface area contributed by atoms with E-state index in [9.17, 15) is 13.2 Å². The van der Waals surface area contributed by atoms with Gasteiger partial charge in [-0.3, -0.25) is 0 Å². The van der Waals surface area contributed by atoms with Gasteiger partial charge in [0.05, 0.1) is 5.75 Å². The first-order valence-electron chi connectivity index (χ1n) is 5.10. The molecule has 1 atom stereocenters. The average Bonchev–Trinajstić information content (AvgIpc) is 2.07. The zero-order chi connectivity index (χ0) is 11.0. The summed E-state index contributed by atoms with van der Waals surface area (Å²) in [6.07, 6.45) is 0.395. The number of rotatable bonds is 7. The predicted octanol–water partition coefficient (Wildman–Crippen LogP) is 4.50. The van der Waals surface area contributed by atoms with Crippen LogP contribution >= 0.6 is 11.8 Å². The molecule has 0 aliphatic heterocycles. The van der Waals surface area contributed by atoms with Gasteiger partial charge in [0.1, 0.15) is 0 Å². The summed E-state index contributed by atoms with van der Waals surface area (Å²) in [6.45, 7) is 4.24. The summed E-state index contributed by atoms with van der Waals surface area (Å²) in [5.74, 6) is 0.494. The van der Waals surface area contributed by atoms with Gasteiger partial charge < -0.3 is 0 Å². The summed E-state index contributed by atoms with van der Waals surface area (Å²) >= 11 is 0.997. The van der Waals surface area contributed by atoms with E-state index in [0.717, 1.165) is 24.6 Å². The number of thioether (sulfide) groups is 1. The molecule has 0 heterocycles. The average molecular weight is 228 g/mol. The zero-order valence-electron chi connectivity index (χ0n) is 8.86. The molecular weight excluding hydrogens is 209 g/mol. The number of hydrogen-bond donors (Lipinski definition) is 0. The van der Waals surface area contributed by atoms with Gasteiger partial charge in [-0.2, -0.15) is 24.9 Å². The Kier molecular flexibility index (Phi) is 7.51. The predicted molar refractivity (Wildman–Crippen MR) is 56.7 cm³/mol. The van der Waals surface area contributed by atoms with E-state index in [1.807, 2.05) is 0 Å². The zero-order valence-corrected chi connectivity index (χ0v) is 9.68. The van der Waals surface area contributed by atoms with Crippen LogP contribution in [-0.2, 0) is 0 Å². The summed E-state index contributed by atoms with van der Waals surface area (Å²) in [7, 11) is 0. The van der Waals surface area contributed by atoms with Crippen molar-refractivity contribution in [2.75, 3.05) is 11.5 Å². The first kappa shape index (κ1) is 14.1.